The van der Waals surface area contributed by atoms with E-state index in [2.05, 4.69) is 10.6 Å². The topological polar surface area (TPSA) is 71.3 Å². The first-order valence-corrected chi connectivity index (χ1v) is 7.49. The van der Waals surface area contributed by atoms with Crippen LogP contribution in [0.1, 0.15) is 41.4 Å². The fourth-order valence-electron chi connectivity index (χ4n) is 2.12. The number of amides is 2. The fourth-order valence-corrected chi connectivity index (χ4v) is 2.12. The second-order valence-electron chi connectivity index (χ2n) is 5.56. The molecule has 2 N–H and O–H groups in total. The van der Waals surface area contributed by atoms with Crippen molar-refractivity contribution in [3.8, 4) is 0 Å². The van der Waals surface area contributed by atoms with E-state index in [4.69, 9.17) is 4.42 Å². The Bertz CT molecular complexity index is 725. The molecule has 25 heavy (non-hydrogen) atoms. The van der Waals surface area contributed by atoms with Crippen LogP contribution in [-0.2, 0) is 11.0 Å². The molecule has 5 nitrogen and oxygen atoms in total. The van der Waals surface area contributed by atoms with E-state index in [0.29, 0.717) is 5.56 Å². The third-order valence-electron chi connectivity index (χ3n) is 3.62. The Morgan fingerprint density at radius 2 is 1.68 bits per heavy atom. The summed E-state index contributed by atoms with van der Waals surface area (Å²) in [4.78, 5) is 24.0. The highest BCUT2D eigenvalue weighted by atomic mass is 19.4. The van der Waals surface area contributed by atoms with Crippen LogP contribution in [-0.4, -0.2) is 17.9 Å². The Morgan fingerprint density at radius 3 is 2.20 bits per heavy atom. The predicted octanol–water partition coefficient (Wildman–Crippen LogP) is 3.29. The van der Waals surface area contributed by atoms with Crippen molar-refractivity contribution in [3.63, 3.8) is 0 Å². The van der Waals surface area contributed by atoms with Crippen molar-refractivity contribution in [2.75, 3.05) is 0 Å². The Morgan fingerprint density at radius 1 is 1.04 bits per heavy atom. The molecule has 0 aliphatic rings. The molecule has 0 unspecified atom stereocenters. The van der Waals surface area contributed by atoms with Crippen molar-refractivity contribution in [2.24, 2.45) is 0 Å². The summed E-state index contributed by atoms with van der Waals surface area (Å²) in [7, 11) is 0. The Labute approximate surface area is 142 Å². The van der Waals surface area contributed by atoms with Crippen LogP contribution < -0.4 is 10.6 Å². The van der Waals surface area contributed by atoms with E-state index < -0.39 is 35.6 Å². The highest BCUT2D eigenvalue weighted by molar-refractivity contribution is 5.97. The molecule has 2 rings (SSSR count). The summed E-state index contributed by atoms with van der Waals surface area (Å²) >= 11 is 0. The zero-order valence-corrected chi connectivity index (χ0v) is 13.6. The average molecular weight is 354 g/mol. The number of hydrogen-bond donors (Lipinski definition) is 2. The summed E-state index contributed by atoms with van der Waals surface area (Å²) in [6.07, 6.45) is -1.81. The second-order valence-corrected chi connectivity index (χ2v) is 5.56. The summed E-state index contributed by atoms with van der Waals surface area (Å²) in [6.45, 7) is 3.15. The van der Waals surface area contributed by atoms with Gasteiger partial charge in [-0.05, 0) is 37.6 Å². The van der Waals surface area contributed by atoms with E-state index in [1.165, 1.54) is 37.6 Å². The lowest BCUT2D eigenvalue weighted by Crippen LogP contribution is -2.45. The van der Waals surface area contributed by atoms with Gasteiger partial charge in [-0.2, -0.15) is 13.2 Å². The minimum atomic E-state index is -4.41. The molecule has 0 bridgehead atoms. The zero-order valence-electron chi connectivity index (χ0n) is 13.6. The number of rotatable bonds is 5. The van der Waals surface area contributed by atoms with Gasteiger partial charge in [-0.25, -0.2) is 0 Å². The van der Waals surface area contributed by atoms with E-state index in [0.717, 1.165) is 12.1 Å². The van der Waals surface area contributed by atoms with Gasteiger partial charge in [0, 0.05) is 0 Å². The van der Waals surface area contributed by atoms with E-state index in [9.17, 15) is 22.8 Å². The summed E-state index contributed by atoms with van der Waals surface area (Å²) in [6, 6.07) is 4.67. The number of nitrogens with one attached hydrogen (secondary N) is 2. The molecule has 1 heterocycles. The summed E-state index contributed by atoms with van der Waals surface area (Å²) in [5.41, 5.74) is 0.0562. The Balaban J connectivity index is 1.93. The van der Waals surface area contributed by atoms with Gasteiger partial charge in [0.2, 0.25) is 5.91 Å². The molecule has 0 saturated carbocycles. The lowest BCUT2D eigenvalue weighted by Gasteiger charge is -2.19. The molecule has 1 aromatic heterocycles. The third-order valence-corrected chi connectivity index (χ3v) is 3.62. The summed E-state index contributed by atoms with van der Waals surface area (Å²) in [5, 5.41) is 5.15. The maximum absolute atomic E-state index is 12.6. The first kappa shape index (κ1) is 18.6. The summed E-state index contributed by atoms with van der Waals surface area (Å²) in [5.74, 6) is -0.914. The molecule has 2 amide bonds. The Hall–Kier alpha value is -2.77. The zero-order chi connectivity index (χ0) is 18.6. The number of alkyl halides is 3. The van der Waals surface area contributed by atoms with Crippen molar-refractivity contribution in [2.45, 2.75) is 32.1 Å². The second kappa shape index (κ2) is 7.42. The fraction of sp³-hybridized carbons (Fsp3) is 0.294. The van der Waals surface area contributed by atoms with Crippen LogP contribution in [0.3, 0.4) is 0 Å². The van der Waals surface area contributed by atoms with Gasteiger partial charge in [-0.1, -0.05) is 12.1 Å². The molecule has 0 saturated heterocycles. The van der Waals surface area contributed by atoms with Gasteiger partial charge in [0.25, 0.3) is 5.91 Å². The molecule has 0 spiro atoms. The van der Waals surface area contributed by atoms with Crippen LogP contribution in [0, 0.1) is 0 Å². The Kier molecular flexibility index (Phi) is 5.51. The quantitative estimate of drug-likeness (QED) is 0.865. The van der Waals surface area contributed by atoms with Crippen molar-refractivity contribution < 1.29 is 27.2 Å². The molecule has 8 heteroatoms. The largest absolute Gasteiger partial charge is 0.472 e. The maximum atomic E-state index is 12.6. The molecule has 1 aromatic carbocycles. The molecule has 2 atom stereocenters. The van der Waals surface area contributed by atoms with E-state index in [1.807, 2.05) is 0 Å². The number of hydrogen-bond acceptors (Lipinski definition) is 3. The highest BCUT2D eigenvalue weighted by Gasteiger charge is 2.30. The van der Waals surface area contributed by atoms with Gasteiger partial charge in [0.15, 0.2) is 0 Å². The third kappa shape index (κ3) is 4.85. The lowest BCUT2D eigenvalue weighted by molar-refractivity contribution is -0.137. The molecule has 2 aromatic rings. The number of halogens is 3. The average Bonchev–Trinajstić information content (AvgIpc) is 3.08. The van der Waals surface area contributed by atoms with Crippen molar-refractivity contribution in [1.82, 2.24) is 10.6 Å². The first-order valence-electron chi connectivity index (χ1n) is 7.49. The molecular formula is C17H17F3N2O3. The van der Waals surface area contributed by atoms with E-state index in [-0.39, 0.29) is 5.56 Å². The predicted molar refractivity (Wildman–Crippen MR) is 83.6 cm³/mol. The smallest absolute Gasteiger partial charge is 0.416 e. The normalized spacial score (nSPS) is 13.8. The van der Waals surface area contributed by atoms with Gasteiger partial charge < -0.3 is 15.1 Å². The van der Waals surface area contributed by atoms with Gasteiger partial charge in [0.1, 0.15) is 12.3 Å². The molecule has 134 valence electrons. The van der Waals surface area contributed by atoms with Crippen LogP contribution in [0.2, 0.25) is 0 Å². The molecule has 0 aliphatic heterocycles. The van der Waals surface area contributed by atoms with Gasteiger partial charge >= 0.3 is 6.18 Å². The number of carbonyl (C=O) groups excluding carboxylic acids is 2. The molecule has 0 aliphatic carbocycles. The number of benzene rings is 1. The van der Waals surface area contributed by atoms with Crippen LogP contribution >= 0.6 is 0 Å². The number of carbonyl (C=O) groups is 2. The minimum absolute atomic E-state index is 0.287. The van der Waals surface area contributed by atoms with E-state index in [1.54, 1.807) is 6.92 Å². The number of furan rings is 1. The van der Waals surface area contributed by atoms with Crippen molar-refractivity contribution in [3.05, 3.63) is 59.5 Å². The van der Waals surface area contributed by atoms with Gasteiger partial charge in [-0.3, -0.25) is 9.59 Å². The van der Waals surface area contributed by atoms with Crippen LogP contribution in [0.4, 0.5) is 13.2 Å². The molecule has 0 radical (unpaired) electrons. The van der Waals surface area contributed by atoms with Gasteiger partial charge in [-0.15, -0.1) is 0 Å². The van der Waals surface area contributed by atoms with Crippen LogP contribution in [0.25, 0.3) is 0 Å². The SMILES string of the molecule is C[C@@H](NC(=O)c1ccoc1)C(=O)N[C@H](C)c1ccc(C(F)(F)F)cc1. The standard InChI is InChI=1S/C17H17F3N2O3/c1-10(12-3-5-14(6-4-12)17(18,19)20)21-15(23)11(2)22-16(24)13-7-8-25-9-13/h3-11H,1-2H3,(H,21,23)(H,22,24)/t10-,11-/m1/s1. The van der Waals surface area contributed by atoms with E-state index >= 15 is 0 Å². The first-order chi connectivity index (χ1) is 11.7. The monoisotopic (exact) mass is 354 g/mol. The van der Waals surface area contributed by atoms with Gasteiger partial charge in [0.05, 0.1) is 23.4 Å². The summed E-state index contributed by atoms with van der Waals surface area (Å²) < 4.78 is 42.5. The lowest BCUT2D eigenvalue weighted by atomic mass is 10.1. The maximum Gasteiger partial charge on any atom is 0.416 e. The van der Waals surface area contributed by atoms with Crippen molar-refractivity contribution in [1.29, 1.82) is 0 Å². The van der Waals surface area contributed by atoms with Crippen LogP contribution in [0.15, 0.2) is 47.3 Å². The molecule has 0 fully saturated rings. The minimum Gasteiger partial charge on any atom is -0.472 e. The molecular weight excluding hydrogens is 337 g/mol. The van der Waals surface area contributed by atoms with Crippen molar-refractivity contribution >= 4 is 11.8 Å². The highest BCUT2D eigenvalue weighted by Crippen LogP contribution is 2.29. The van der Waals surface area contributed by atoms with Crippen LogP contribution in [0.5, 0.6) is 0 Å².